The highest BCUT2D eigenvalue weighted by Gasteiger charge is 2.11. The molecule has 0 fully saturated rings. The largest absolute Gasteiger partial charge is 0.376 e. The highest BCUT2D eigenvalue weighted by Crippen LogP contribution is 2.31. The molecule has 4 rings (SSSR count). The normalized spacial score (nSPS) is 11.0. The zero-order valence-electron chi connectivity index (χ0n) is 12.3. The lowest BCUT2D eigenvalue weighted by molar-refractivity contribution is -0.114. The van der Waals surface area contributed by atoms with E-state index < -0.39 is 0 Å². The van der Waals surface area contributed by atoms with Crippen LogP contribution < -0.4 is 10.6 Å². The smallest absolute Gasteiger partial charge is 0.245 e. The van der Waals surface area contributed by atoms with Crippen molar-refractivity contribution in [3.8, 4) is 0 Å². The van der Waals surface area contributed by atoms with Crippen LogP contribution in [0.5, 0.6) is 0 Å². The number of fused-ring (bicyclic) bond motifs is 3. The zero-order valence-corrected chi connectivity index (χ0v) is 13.9. The van der Waals surface area contributed by atoms with E-state index >= 15 is 0 Å². The molecule has 120 valence electrons. The van der Waals surface area contributed by atoms with E-state index in [0.717, 1.165) is 26.8 Å². The van der Waals surface area contributed by atoms with Gasteiger partial charge in [0.2, 0.25) is 5.91 Å². The number of thiazole rings is 1. The van der Waals surface area contributed by atoms with Gasteiger partial charge in [-0.25, -0.2) is 4.98 Å². The Hall–Kier alpha value is -2.64. The fraction of sp³-hybridized carbons (Fsp3) is 0.0625. The minimum absolute atomic E-state index is 0.151. The Bertz CT molecular complexity index is 1020. The number of anilines is 2. The van der Waals surface area contributed by atoms with E-state index in [0.29, 0.717) is 10.2 Å². The third-order valence-corrected chi connectivity index (χ3v) is 4.79. The summed E-state index contributed by atoms with van der Waals surface area (Å²) in [5, 5.41) is 15.1. The highest BCUT2D eigenvalue weighted by molar-refractivity contribution is 7.23. The van der Waals surface area contributed by atoms with Crippen molar-refractivity contribution in [3.63, 3.8) is 0 Å². The molecule has 6 nitrogen and oxygen atoms in total. The molecule has 2 aromatic heterocycles. The average Bonchev–Trinajstić information content (AvgIpc) is 3.19. The minimum atomic E-state index is -0.160. The standard InChI is InChI=1S/C16H12ClN5OS/c17-9-1-3-10(4-2-9)18-8-14(23)21-16-20-13-6-5-12-11(7-19-22-12)15(13)24-16/h1-7,18H,8H2,(H,19,22)(H,20,21,23). The Morgan fingerprint density at radius 3 is 2.88 bits per heavy atom. The number of aromatic amines is 1. The first-order valence-corrected chi connectivity index (χ1v) is 8.40. The van der Waals surface area contributed by atoms with E-state index in [-0.39, 0.29) is 12.5 Å². The number of rotatable bonds is 4. The summed E-state index contributed by atoms with van der Waals surface area (Å²) in [5.41, 5.74) is 2.63. The van der Waals surface area contributed by atoms with E-state index in [4.69, 9.17) is 11.6 Å². The van der Waals surface area contributed by atoms with Crippen LogP contribution in [0.15, 0.2) is 42.6 Å². The second kappa shape index (κ2) is 6.10. The SMILES string of the molecule is O=C(CNc1ccc(Cl)cc1)Nc1nc2ccc3[nH]ncc3c2s1. The average molecular weight is 358 g/mol. The molecule has 0 aliphatic rings. The van der Waals surface area contributed by atoms with Gasteiger partial charge >= 0.3 is 0 Å². The zero-order chi connectivity index (χ0) is 16.5. The fourth-order valence-electron chi connectivity index (χ4n) is 2.37. The number of benzene rings is 2. The number of nitrogens with zero attached hydrogens (tertiary/aromatic N) is 2. The van der Waals surface area contributed by atoms with Crippen molar-refractivity contribution in [1.29, 1.82) is 0 Å². The van der Waals surface area contributed by atoms with Gasteiger partial charge in [0.05, 0.1) is 28.5 Å². The molecule has 0 bridgehead atoms. The molecule has 0 radical (unpaired) electrons. The molecule has 0 aliphatic carbocycles. The van der Waals surface area contributed by atoms with Crippen molar-refractivity contribution in [2.45, 2.75) is 0 Å². The van der Waals surface area contributed by atoms with Gasteiger partial charge in [0, 0.05) is 16.1 Å². The first kappa shape index (κ1) is 14.9. The maximum Gasteiger partial charge on any atom is 0.245 e. The summed E-state index contributed by atoms with van der Waals surface area (Å²) in [6, 6.07) is 11.0. The molecule has 3 N–H and O–H groups in total. The van der Waals surface area contributed by atoms with Crippen molar-refractivity contribution in [2.24, 2.45) is 0 Å². The quantitative estimate of drug-likeness (QED) is 0.517. The number of H-pyrrole nitrogens is 1. The molecule has 8 heteroatoms. The second-order valence-electron chi connectivity index (χ2n) is 5.17. The van der Waals surface area contributed by atoms with Crippen LogP contribution in [0.2, 0.25) is 5.02 Å². The van der Waals surface area contributed by atoms with Gasteiger partial charge in [0.1, 0.15) is 0 Å². The van der Waals surface area contributed by atoms with E-state index in [9.17, 15) is 4.79 Å². The summed E-state index contributed by atoms with van der Waals surface area (Å²) >= 11 is 7.27. The molecule has 2 aromatic carbocycles. The Labute approximate surface area is 145 Å². The van der Waals surface area contributed by atoms with Crippen LogP contribution in [0.25, 0.3) is 21.1 Å². The molecule has 24 heavy (non-hydrogen) atoms. The number of nitrogens with one attached hydrogen (secondary N) is 3. The molecule has 0 saturated heterocycles. The van der Waals surface area contributed by atoms with Crippen LogP contribution >= 0.6 is 22.9 Å². The van der Waals surface area contributed by atoms with Crippen molar-refractivity contribution in [2.75, 3.05) is 17.2 Å². The fourth-order valence-corrected chi connectivity index (χ4v) is 3.49. The van der Waals surface area contributed by atoms with Gasteiger partial charge in [-0.05, 0) is 36.4 Å². The molecular weight excluding hydrogens is 346 g/mol. The van der Waals surface area contributed by atoms with E-state index in [1.807, 2.05) is 24.3 Å². The van der Waals surface area contributed by atoms with Crippen LogP contribution in [0.1, 0.15) is 0 Å². The lowest BCUT2D eigenvalue weighted by atomic mass is 10.2. The summed E-state index contributed by atoms with van der Waals surface area (Å²) < 4.78 is 1.00. The predicted octanol–water partition coefficient (Wildman–Crippen LogP) is 3.88. The maximum absolute atomic E-state index is 12.1. The third-order valence-electron chi connectivity index (χ3n) is 3.52. The number of amides is 1. The first-order chi connectivity index (χ1) is 11.7. The summed E-state index contributed by atoms with van der Waals surface area (Å²) in [7, 11) is 0. The van der Waals surface area contributed by atoms with Gasteiger partial charge in [0.15, 0.2) is 5.13 Å². The van der Waals surface area contributed by atoms with Gasteiger partial charge in [-0.3, -0.25) is 9.89 Å². The van der Waals surface area contributed by atoms with Gasteiger partial charge in [-0.15, -0.1) is 0 Å². The Kier molecular flexibility index (Phi) is 3.79. The summed E-state index contributed by atoms with van der Waals surface area (Å²) in [6.07, 6.45) is 1.77. The van der Waals surface area contributed by atoms with E-state index in [2.05, 4.69) is 25.8 Å². The molecule has 1 amide bonds. The molecule has 2 heterocycles. The van der Waals surface area contributed by atoms with Crippen molar-refractivity contribution in [1.82, 2.24) is 15.2 Å². The number of hydrogen-bond donors (Lipinski definition) is 3. The monoisotopic (exact) mass is 357 g/mol. The van der Waals surface area contributed by atoms with Crippen LogP contribution in [0.4, 0.5) is 10.8 Å². The summed E-state index contributed by atoms with van der Waals surface area (Å²) in [4.78, 5) is 16.5. The van der Waals surface area contributed by atoms with Crippen LogP contribution in [0.3, 0.4) is 0 Å². The highest BCUT2D eigenvalue weighted by atomic mass is 35.5. The number of carbonyl (C=O) groups excluding carboxylic acids is 1. The van der Waals surface area contributed by atoms with Crippen molar-refractivity contribution >= 4 is 60.8 Å². The lowest BCUT2D eigenvalue weighted by Crippen LogP contribution is -2.21. The number of carbonyl (C=O) groups is 1. The molecular formula is C16H12ClN5OS. The lowest BCUT2D eigenvalue weighted by Gasteiger charge is -2.05. The Morgan fingerprint density at radius 2 is 2.04 bits per heavy atom. The van der Waals surface area contributed by atoms with Gasteiger partial charge in [-0.1, -0.05) is 22.9 Å². The van der Waals surface area contributed by atoms with Gasteiger partial charge in [0.25, 0.3) is 0 Å². The number of aromatic nitrogens is 3. The molecule has 0 unspecified atom stereocenters. The predicted molar refractivity (Wildman–Crippen MR) is 97.8 cm³/mol. The molecule has 0 atom stereocenters. The van der Waals surface area contributed by atoms with Crippen LogP contribution in [-0.4, -0.2) is 27.6 Å². The molecule has 0 aliphatic heterocycles. The van der Waals surface area contributed by atoms with E-state index in [1.54, 1.807) is 18.3 Å². The third kappa shape index (κ3) is 2.91. The van der Waals surface area contributed by atoms with Crippen molar-refractivity contribution in [3.05, 3.63) is 47.6 Å². The van der Waals surface area contributed by atoms with Gasteiger partial charge in [-0.2, -0.15) is 5.10 Å². The maximum atomic E-state index is 12.1. The summed E-state index contributed by atoms with van der Waals surface area (Å²) in [6.45, 7) is 0.151. The van der Waals surface area contributed by atoms with Gasteiger partial charge < -0.3 is 10.6 Å². The van der Waals surface area contributed by atoms with E-state index in [1.165, 1.54) is 11.3 Å². The minimum Gasteiger partial charge on any atom is -0.376 e. The van der Waals surface area contributed by atoms with Crippen LogP contribution in [-0.2, 0) is 4.79 Å². The summed E-state index contributed by atoms with van der Waals surface area (Å²) in [5.74, 6) is -0.160. The van der Waals surface area contributed by atoms with Crippen molar-refractivity contribution < 1.29 is 4.79 Å². The molecule has 0 spiro atoms. The first-order valence-electron chi connectivity index (χ1n) is 7.21. The number of hydrogen-bond acceptors (Lipinski definition) is 5. The Morgan fingerprint density at radius 1 is 1.21 bits per heavy atom. The Balaban J connectivity index is 1.47. The van der Waals surface area contributed by atoms with Crippen LogP contribution in [0, 0.1) is 0 Å². The topological polar surface area (TPSA) is 82.7 Å². The molecule has 0 saturated carbocycles. The molecule has 4 aromatic rings. The second-order valence-corrected chi connectivity index (χ2v) is 6.61. The number of halogens is 1.